The van der Waals surface area contributed by atoms with E-state index >= 15 is 0 Å². The predicted octanol–water partition coefficient (Wildman–Crippen LogP) is 10.0. The SMILES string of the molecule is CCCCC/C=C\C/C=C\C/C=C\CCCCCCC(=O)OC[C@H](COP(=O)(O)O)OC(=O)CCC[C@H](O)/C=C/C=C\C/C=C\C=C\[C@H](O)CCCCC. The number of carbonyl (C=O) groups is 2. The largest absolute Gasteiger partial charge is 0.469 e. The number of rotatable bonds is 35. The molecule has 0 aromatic rings. The summed E-state index contributed by atoms with van der Waals surface area (Å²) in [7, 11) is -4.83. The lowest BCUT2D eigenvalue weighted by Gasteiger charge is -2.18. The van der Waals surface area contributed by atoms with Crippen molar-refractivity contribution < 1.29 is 48.2 Å². The first-order valence-electron chi connectivity index (χ1n) is 20.1. The molecule has 0 heterocycles. The number of ether oxygens (including phenoxy) is 2. The van der Waals surface area contributed by atoms with E-state index in [9.17, 15) is 24.4 Å². The van der Waals surface area contributed by atoms with Crippen LogP contribution in [0.15, 0.2) is 85.1 Å². The Bertz CT molecular complexity index is 1180. The Balaban J connectivity index is 4.26. The summed E-state index contributed by atoms with van der Waals surface area (Å²) in [4.78, 5) is 42.8. The van der Waals surface area contributed by atoms with Crippen molar-refractivity contribution in [3.63, 3.8) is 0 Å². The smallest absolute Gasteiger partial charge is 0.462 e. The number of unbranched alkanes of at least 4 members (excludes halogenated alkanes) is 9. The van der Waals surface area contributed by atoms with Gasteiger partial charge in [-0.3, -0.25) is 14.1 Å². The van der Waals surface area contributed by atoms with Crippen LogP contribution in [0.2, 0.25) is 0 Å². The minimum absolute atomic E-state index is 0.0462. The summed E-state index contributed by atoms with van der Waals surface area (Å²) in [5.74, 6) is -1.15. The van der Waals surface area contributed by atoms with Gasteiger partial charge in [0.2, 0.25) is 0 Å². The maximum Gasteiger partial charge on any atom is 0.469 e. The fraction of sp³-hybridized carbons (Fsp3) is 0.628. The van der Waals surface area contributed by atoms with Crippen LogP contribution in [0.1, 0.15) is 142 Å². The van der Waals surface area contributed by atoms with Crippen molar-refractivity contribution in [1.29, 1.82) is 0 Å². The lowest BCUT2D eigenvalue weighted by Crippen LogP contribution is -2.29. The van der Waals surface area contributed by atoms with Crippen LogP contribution >= 0.6 is 7.82 Å². The lowest BCUT2D eigenvalue weighted by atomic mass is 10.1. The van der Waals surface area contributed by atoms with Gasteiger partial charge in [-0.1, -0.05) is 144 Å². The summed E-state index contributed by atoms with van der Waals surface area (Å²) >= 11 is 0. The Hall–Kier alpha value is -2.85. The number of carbonyl (C=O) groups excluding carboxylic acids is 2. The normalized spacial score (nSPS) is 14.6. The third-order valence-electron chi connectivity index (χ3n) is 8.09. The summed E-state index contributed by atoms with van der Waals surface area (Å²) in [6.45, 7) is 3.33. The molecule has 0 aromatic carbocycles. The first-order chi connectivity index (χ1) is 26.1. The Morgan fingerprint density at radius 1 is 0.574 bits per heavy atom. The van der Waals surface area contributed by atoms with Crippen molar-refractivity contribution in [2.24, 2.45) is 0 Å². The second-order valence-corrected chi connectivity index (χ2v) is 14.5. The second kappa shape index (κ2) is 37.1. The number of aliphatic hydroxyl groups is 2. The first kappa shape index (κ1) is 51.1. The maximum absolute atomic E-state index is 12.4. The molecule has 0 aromatic heterocycles. The molecule has 0 bridgehead atoms. The molecule has 4 N–H and O–H groups in total. The predicted molar refractivity (Wildman–Crippen MR) is 219 cm³/mol. The van der Waals surface area contributed by atoms with Crippen LogP contribution in [0.25, 0.3) is 0 Å². The van der Waals surface area contributed by atoms with Crippen LogP contribution < -0.4 is 0 Å². The Labute approximate surface area is 326 Å². The summed E-state index contributed by atoms with van der Waals surface area (Å²) in [5, 5.41) is 20.1. The summed E-state index contributed by atoms with van der Waals surface area (Å²) in [6.07, 6.45) is 42.3. The van der Waals surface area contributed by atoms with Crippen molar-refractivity contribution in [2.75, 3.05) is 13.2 Å². The Kier molecular flexibility index (Phi) is 35.1. The standard InChI is InChI=1S/C43H71O10P/c1-3-5-7-8-9-10-11-12-13-14-15-16-17-18-22-25-29-35-42(46)51-37-41(38-52-54(48,49)50)53-43(47)36-30-34-40(45)33-28-24-21-19-20-23-27-32-39(44)31-26-6-4-2/h9-10,12-13,15-16,20-21,23-24,27-28,32-33,39-41,44-45H,3-8,11,14,17-19,22,25-26,29-31,34-38H2,1-2H3,(H2,48,49,50)/b10-9-,13-12-,16-15-,23-20-,24-21-,32-27+,33-28+/t39-,40-,41-/m1/s1. The average Bonchev–Trinajstić information content (AvgIpc) is 3.13. The highest BCUT2D eigenvalue weighted by Gasteiger charge is 2.23. The molecule has 0 saturated carbocycles. The molecule has 0 fully saturated rings. The van der Waals surface area contributed by atoms with Crippen molar-refractivity contribution >= 4 is 19.8 Å². The molecule has 0 rings (SSSR count). The van der Waals surface area contributed by atoms with Gasteiger partial charge < -0.3 is 29.5 Å². The van der Waals surface area contributed by atoms with Crippen LogP contribution in [0.5, 0.6) is 0 Å². The number of phosphoric acid groups is 1. The van der Waals surface area contributed by atoms with Crippen molar-refractivity contribution in [1.82, 2.24) is 0 Å². The summed E-state index contributed by atoms with van der Waals surface area (Å²) < 4.78 is 26.2. The Morgan fingerprint density at radius 2 is 1.07 bits per heavy atom. The van der Waals surface area contributed by atoms with Crippen LogP contribution in [0.3, 0.4) is 0 Å². The van der Waals surface area contributed by atoms with E-state index in [4.69, 9.17) is 19.3 Å². The molecule has 54 heavy (non-hydrogen) atoms. The van der Waals surface area contributed by atoms with Crippen LogP contribution in [0.4, 0.5) is 0 Å². The molecule has 3 atom stereocenters. The molecule has 0 amide bonds. The minimum atomic E-state index is -4.83. The van der Waals surface area contributed by atoms with Gasteiger partial charge >= 0.3 is 19.8 Å². The zero-order valence-electron chi connectivity index (χ0n) is 33.1. The molecule has 0 aliphatic carbocycles. The highest BCUT2D eigenvalue weighted by Crippen LogP contribution is 2.36. The fourth-order valence-corrected chi connectivity index (χ4v) is 5.36. The van der Waals surface area contributed by atoms with Gasteiger partial charge in [0.1, 0.15) is 6.61 Å². The third-order valence-corrected chi connectivity index (χ3v) is 8.58. The van der Waals surface area contributed by atoms with Gasteiger partial charge in [0, 0.05) is 12.8 Å². The zero-order chi connectivity index (χ0) is 40.0. The minimum Gasteiger partial charge on any atom is -0.462 e. The molecule has 10 nitrogen and oxygen atoms in total. The van der Waals surface area contributed by atoms with Gasteiger partial charge in [0.05, 0.1) is 18.8 Å². The number of phosphoric ester groups is 1. The van der Waals surface area contributed by atoms with Crippen LogP contribution in [0, 0.1) is 0 Å². The average molecular weight is 779 g/mol. The van der Waals surface area contributed by atoms with Crippen molar-refractivity contribution in [3.8, 4) is 0 Å². The van der Waals surface area contributed by atoms with Crippen molar-refractivity contribution in [3.05, 3.63) is 85.1 Å². The molecule has 0 radical (unpaired) electrons. The molecule has 0 saturated heterocycles. The van der Waals surface area contributed by atoms with E-state index in [2.05, 4.69) is 54.8 Å². The lowest BCUT2D eigenvalue weighted by molar-refractivity contribution is -0.161. The van der Waals surface area contributed by atoms with E-state index in [0.29, 0.717) is 25.7 Å². The highest BCUT2D eigenvalue weighted by atomic mass is 31.2. The van der Waals surface area contributed by atoms with Gasteiger partial charge in [0.15, 0.2) is 6.10 Å². The monoisotopic (exact) mass is 778 g/mol. The molecule has 308 valence electrons. The number of esters is 2. The number of hydrogen-bond acceptors (Lipinski definition) is 8. The van der Waals surface area contributed by atoms with E-state index in [1.54, 1.807) is 18.2 Å². The molecular formula is C43H71O10P. The molecule has 0 unspecified atom stereocenters. The number of hydrogen-bond donors (Lipinski definition) is 4. The van der Waals surface area contributed by atoms with E-state index in [1.807, 2.05) is 30.4 Å². The topological polar surface area (TPSA) is 160 Å². The van der Waals surface area contributed by atoms with E-state index in [-0.39, 0.29) is 19.4 Å². The van der Waals surface area contributed by atoms with Gasteiger partial charge in [-0.15, -0.1) is 0 Å². The molecule has 11 heteroatoms. The van der Waals surface area contributed by atoms with Gasteiger partial charge in [0.25, 0.3) is 0 Å². The summed E-state index contributed by atoms with van der Waals surface area (Å²) in [5.41, 5.74) is 0. The zero-order valence-corrected chi connectivity index (χ0v) is 34.0. The van der Waals surface area contributed by atoms with Crippen LogP contribution in [-0.2, 0) is 28.2 Å². The summed E-state index contributed by atoms with van der Waals surface area (Å²) in [6, 6.07) is 0. The van der Waals surface area contributed by atoms with E-state index < -0.39 is 44.7 Å². The first-order valence-corrected chi connectivity index (χ1v) is 21.6. The fourth-order valence-electron chi connectivity index (χ4n) is 5.00. The van der Waals surface area contributed by atoms with E-state index in [1.165, 1.54) is 19.3 Å². The van der Waals surface area contributed by atoms with Crippen molar-refractivity contribution in [2.45, 2.75) is 161 Å². The maximum atomic E-state index is 12.4. The highest BCUT2D eigenvalue weighted by molar-refractivity contribution is 7.46. The quantitative estimate of drug-likeness (QED) is 0.0160. The number of allylic oxidation sites excluding steroid dienone is 12. The molecular weight excluding hydrogens is 707 g/mol. The second-order valence-electron chi connectivity index (χ2n) is 13.3. The van der Waals surface area contributed by atoms with Crippen LogP contribution in [-0.4, -0.2) is 63.5 Å². The van der Waals surface area contributed by atoms with Gasteiger partial charge in [-0.25, -0.2) is 4.57 Å². The molecule has 0 aliphatic rings. The van der Waals surface area contributed by atoms with Gasteiger partial charge in [-0.2, -0.15) is 0 Å². The Morgan fingerprint density at radius 3 is 1.67 bits per heavy atom. The molecule has 0 spiro atoms. The van der Waals surface area contributed by atoms with E-state index in [0.717, 1.165) is 70.6 Å². The molecule has 0 aliphatic heterocycles. The number of aliphatic hydroxyl groups excluding tert-OH is 2. The third kappa shape index (κ3) is 38.9. The van der Waals surface area contributed by atoms with Gasteiger partial charge in [-0.05, 0) is 70.6 Å².